The lowest BCUT2D eigenvalue weighted by Gasteiger charge is -2.18. The van der Waals surface area contributed by atoms with E-state index in [1.54, 1.807) is 0 Å². The van der Waals surface area contributed by atoms with Crippen molar-refractivity contribution in [2.45, 2.75) is 26.8 Å². The van der Waals surface area contributed by atoms with Gasteiger partial charge in [0.15, 0.2) is 16.6 Å². The summed E-state index contributed by atoms with van der Waals surface area (Å²) in [6, 6.07) is 6.05. The van der Waals surface area contributed by atoms with Crippen LogP contribution in [0.5, 0.6) is 11.5 Å². The number of hydrogen-bond donors (Lipinski definition) is 2. The molecule has 5 nitrogen and oxygen atoms in total. The van der Waals surface area contributed by atoms with Gasteiger partial charge in [0, 0.05) is 11.6 Å². The molecule has 1 aromatic carbocycles. The molecule has 2 N–H and O–H groups in total. The normalized spacial score (nSPS) is 14.1. The largest absolute Gasteiger partial charge is 0.486 e. The number of thiocarbonyl (C=S) groups is 1. The predicted octanol–water partition coefficient (Wildman–Crippen LogP) is 2.05. The summed E-state index contributed by atoms with van der Waals surface area (Å²) in [6.07, 6.45) is 0. The van der Waals surface area contributed by atoms with E-state index in [9.17, 15) is 0 Å². The second kappa shape index (κ2) is 6.56. The Morgan fingerprint density at radius 2 is 1.95 bits per heavy atom. The van der Waals surface area contributed by atoms with Crippen molar-refractivity contribution < 1.29 is 9.47 Å². The molecular weight excluding hydrogens is 274 g/mol. The summed E-state index contributed by atoms with van der Waals surface area (Å²) >= 11 is 5.12. The van der Waals surface area contributed by atoms with Crippen LogP contribution in [0.1, 0.15) is 26.3 Å². The smallest absolute Gasteiger partial charge is 0.187 e. The van der Waals surface area contributed by atoms with E-state index in [0.717, 1.165) is 22.8 Å². The summed E-state index contributed by atoms with van der Waals surface area (Å²) < 4.78 is 11.0. The first-order chi connectivity index (χ1) is 9.56. The van der Waals surface area contributed by atoms with Crippen molar-refractivity contribution in [1.29, 1.82) is 0 Å². The average Bonchev–Trinajstić information content (AvgIpc) is 2.43. The molecule has 1 aromatic rings. The predicted molar refractivity (Wildman–Crippen MR) is 83.6 cm³/mol. The summed E-state index contributed by atoms with van der Waals surface area (Å²) in [5, 5.41) is 7.84. The number of hydrazone groups is 1. The number of ether oxygens (including phenoxy) is 2. The third-order valence-electron chi connectivity index (χ3n) is 2.70. The molecule has 0 saturated heterocycles. The van der Waals surface area contributed by atoms with Crippen LogP contribution in [0.2, 0.25) is 0 Å². The van der Waals surface area contributed by atoms with E-state index in [1.807, 2.05) is 39.0 Å². The molecule has 1 heterocycles. The van der Waals surface area contributed by atoms with Crippen LogP contribution in [0.4, 0.5) is 0 Å². The van der Waals surface area contributed by atoms with Gasteiger partial charge in [0.05, 0.1) is 5.71 Å². The Kier molecular flexibility index (Phi) is 4.79. The molecule has 0 saturated carbocycles. The molecule has 0 spiro atoms. The minimum absolute atomic E-state index is 0.278. The van der Waals surface area contributed by atoms with Gasteiger partial charge in [-0.25, -0.2) is 0 Å². The zero-order valence-corrected chi connectivity index (χ0v) is 12.7. The summed E-state index contributed by atoms with van der Waals surface area (Å²) in [5.41, 5.74) is 4.62. The lowest BCUT2D eigenvalue weighted by atomic mass is 10.1. The van der Waals surface area contributed by atoms with Crippen LogP contribution < -0.4 is 20.2 Å². The molecule has 2 rings (SSSR count). The first-order valence-corrected chi connectivity index (χ1v) is 6.98. The third kappa shape index (κ3) is 3.84. The van der Waals surface area contributed by atoms with Gasteiger partial charge < -0.3 is 14.8 Å². The van der Waals surface area contributed by atoms with E-state index in [4.69, 9.17) is 21.7 Å². The van der Waals surface area contributed by atoms with Gasteiger partial charge in [-0.2, -0.15) is 5.10 Å². The van der Waals surface area contributed by atoms with Crippen LogP contribution in [0.15, 0.2) is 23.3 Å². The Bertz CT molecular complexity index is 529. The van der Waals surface area contributed by atoms with Crippen molar-refractivity contribution in [1.82, 2.24) is 10.7 Å². The highest BCUT2D eigenvalue weighted by molar-refractivity contribution is 7.80. The van der Waals surface area contributed by atoms with Gasteiger partial charge in [-0.05, 0) is 51.2 Å². The van der Waals surface area contributed by atoms with Gasteiger partial charge in [0.1, 0.15) is 13.2 Å². The zero-order valence-electron chi connectivity index (χ0n) is 11.9. The Balaban J connectivity index is 2.05. The molecule has 1 aliphatic heterocycles. The van der Waals surface area contributed by atoms with Gasteiger partial charge in [-0.15, -0.1) is 0 Å². The molecule has 0 fully saturated rings. The monoisotopic (exact) mass is 293 g/mol. The number of fused-ring (bicyclic) bond motifs is 1. The number of benzene rings is 1. The highest BCUT2D eigenvalue weighted by atomic mass is 32.1. The van der Waals surface area contributed by atoms with Crippen molar-refractivity contribution in [3.8, 4) is 11.5 Å². The van der Waals surface area contributed by atoms with Crippen LogP contribution in [-0.2, 0) is 0 Å². The standard InChI is InChI=1S/C14H19N3O2S/c1-9(2)15-14(20)17-16-10(3)11-4-5-12-13(8-11)19-7-6-18-12/h4-5,8-9H,6-7H2,1-3H3,(H2,15,17,20)/b16-10+. The first kappa shape index (κ1) is 14.6. The highest BCUT2D eigenvalue weighted by Gasteiger charge is 2.12. The summed E-state index contributed by atoms with van der Waals surface area (Å²) in [5.74, 6) is 1.53. The molecule has 108 valence electrons. The summed E-state index contributed by atoms with van der Waals surface area (Å²) in [6.45, 7) is 7.12. The van der Waals surface area contributed by atoms with Gasteiger partial charge in [-0.1, -0.05) is 0 Å². The maximum absolute atomic E-state index is 5.55. The van der Waals surface area contributed by atoms with Crippen molar-refractivity contribution >= 4 is 23.0 Å². The summed E-state index contributed by atoms with van der Waals surface area (Å²) in [7, 11) is 0. The first-order valence-electron chi connectivity index (χ1n) is 6.57. The van der Waals surface area contributed by atoms with E-state index >= 15 is 0 Å². The van der Waals surface area contributed by atoms with Crippen molar-refractivity contribution in [3.05, 3.63) is 23.8 Å². The van der Waals surface area contributed by atoms with Crippen molar-refractivity contribution in [2.75, 3.05) is 13.2 Å². The number of nitrogens with zero attached hydrogens (tertiary/aromatic N) is 1. The quantitative estimate of drug-likeness (QED) is 0.507. The minimum atomic E-state index is 0.278. The molecule has 0 bridgehead atoms. The lowest BCUT2D eigenvalue weighted by molar-refractivity contribution is 0.171. The second-order valence-corrected chi connectivity index (χ2v) is 5.20. The average molecular weight is 293 g/mol. The fourth-order valence-electron chi connectivity index (χ4n) is 1.76. The fourth-order valence-corrected chi connectivity index (χ4v) is 2.04. The van der Waals surface area contributed by atoms with E-state index in [1.165, 1.54) is 0 Å². The topological polar surface area (TPSA) is 54.9 Å². The van der Waals surface area contributed by atoms with Gasteiger partial charge >= 0.3 is 0 Å². The molecule has 0 amide bonds. The van der Waals surface area contributed by atoms with Crippen LogP contribution in [-0.4, -0.2) is 30.1 Å². The van der Waals surface area contributed by atoms with Crippen LogP contribution >= 0.6 is 12.2 Å². The van der Waals surface area contributed by atoms with E-state index < -0.39 is 0 Å². The Labute approximate surface area is 124 Å². The van der Waals surface area contributed by atoms with Crippen LogP contribution in [0.3, 0.4) is 0 Å². The molecular formula is C14H19N3O2S. The molecule has 0 aromatic heterocycles. The molecule has 0 radical (unpaired) electrons. The number of nitrogens with one attached hydrogen (secondary N) is 2. The van der Waals surface area contributed by atoms with Crippen LogP contribution in [0.25, 0.3) is 0 Å². The Morgan fingerprint density at radius 1 is 1.25 bits per heavy atom. The second-order valence-electron chi connectivity index (χ2n) is 4.80. The molecule has 6 heteroatoms. The van der Waals surface area contributed by atoms with Gasteiger partial charge in [0.25, 0.3) is 0 Å². The Morgan fingerprint density at radius 3 is 2.65 bits per heavy atom. The highest BCUT2D eigenvalue weighted by Crippen LogP contribution is 2.30. The minimum Gasteiger partial charge on any atom is -0.486 e. The van der Waals surface area contributed by atoms with Crippen LogP contribution in [0, 0.1) is 0 Å². The molecule has 1 aliphatic rings. The molecule has 0 aliphatic carbocycles. The lowest BCUT2D eigenvalue weighted by Crippen LogP contribution is -2.37. The van der Waals surface area contributed by atoms with Gasteiger partial charge in [0.2, 0.25) is 0 Å². The maximum atomic E-state index is 5.55. The number of rotatable bonds is 3. The zero-order chi connectivity index (χ0) is 14.5. The molecule has 0 atom stereocenters. The Hall–Kier alpha value is -1.82. The van der Waals surface area contributed by atoms with E-state index in [-0.39, 0.29) is 6.04 Å². The molecule has 0 unspecified atom stereocenters. The SMILES string of the molecule is C/C(=N\NC(=S)NC(C)C)c1ccc2c(c1)OCCO2. The third-order valence-corrected chi connectivity index (χ3v) is 2.91. The van der Waals surface area contributed by atoms with E-state index in [2.05, 4.69) is 15.8 Å². The van der Waals surface area contributed by atoms with Crippen molar-refractivity contribution in [3.63, 3.8) is 0 Å². The van der Waals surface area contributed by atoms with Crippen molar-refractivity contribution in [2.24, 2.45) is 5.10 Å². The fraction of sp³-hybridized carbons (Fsp3) is 0.429. The maximum Gasteiger partial charge on any atom is 0.187 e. The number of hydrogen-bond acceptors (Lipinski definition) is 4. The van der Waals surface area contributed by atoms with Gasteiger partial charge in [-0.3, -0.25) is 5.43 Å². The van der Waals surface area contributed by atoms with E-state index in [0.29, 0.717) is 18.3 Å². The molecule has 20 heavy (non-hydrogen) atoms. The summed E-state index contributed by atoms with van der Waals surface area (Å²) in [4.78, 5) is 0.